The van der Waals surface area contributed by atoms with Crippen molar-refractivity contribution in [3.8, 4) is 17.4 Å². The van der Waals surface area contributed by atoms with Crippen molar-refractivity contribution in [1.29, 1.82) is 5.26 Å². The molecular weight excluding hydrogens is 348 g/mol. The summed E-state index contributed by atoms with van der Waals surface area (Å²) in [6, 6.07) is 17.1. The lowest BCUT2D eigenvalue weighted by Gasteiger charge is -2.03. The smallest absolute Gasteiger partial charge is 0.270 e. The van der Waals surface area contributed by atoms with Gasteiger partial charge in [0.15, 0.2) is 0 Å². The van der Waals surface area contributed by atoms with Crippen LogP contribution >= 0.6 is 0 Å². The minimum absolute atomic E-state index is 0.0234. The molecule has 7 heteroatoms. The number of nitro groups is 1. The Labute approximate surface area is 153 Å². The molecule has 0 aliphatic carbocycles. The van der Waals surface area contributed by atoms with Gasteiger partial charge >= 0.3 is 0 Å². The van der Waals surface area contributed by atoms with Gasteiger partial charge in [-0.1, -0.05) is 30.3 Å². The fraction of sp³-hybridized carbons (Fsp3) is 0. The molecule has 0 saturated carbocycles. The first kappa shape index (κ1) is 17.6. The van der Waals surface area contributed by atoms with E-state index in [1.54, 1.807) is 30.3 Å². The lowest BCUT2D eigenvalue weighted by Crippen LogP contribution is -2.22. The van der Waals surface area contributed by atoms with Gasteiger partial charge in [-0.2, -0.15) is 5.26 Å². The van der Waals surface area contributed by atoms with Gasteiger partial charge < -0.3 is 14.3 Å². The van der Waals surface area contributed by atoms with Crippen molar-refractivity contribution >= 4 is 23.3 Å². The number of non-ortho nitro benzene ring substituents is 1. The van der Waals surface area contributed by atoms with Gasteiger partial charge in [0.25, 0.3) is 5.69 Å². The first-order valence-corrected chi connectivity index (χ1v) is 7.76. The van der Waals surface area contributed by atoms with E-state index in [9.17, 15) is 25.3 Å². The molecule has 0 unspecified atom stereocenters. The maximum absolute atomic E-state index is 11.0. The molecule has 0 atom stereocenters. The maximum Gasteiger partial charge on any atom is 0.270 e. The molecule has 0 fully saturated rings. The molecule has 0 aliphatic rings. The van der Waals surface area contributed by atoms with Gasteiger partial charge in [-0.05, 0) is 35.4 Å². The highest BCUT2D eigenvalue weighted by Crippen LogP contribution is 2.27. The molecule has 0 amide bonds. The van der Waals surface area contributed by atoms with E-state index in [2.05, 4.69) is 0 Å². The van der Waals surface area contributed by atoms with E-state index in [0.29, 0.717) is 22.6 Å². The molecular formula is C20H11N2O5-. The van der Waals surface area contributed by atoms with Crippen LogP contribution in [0.4, 0.5) is 5.69 Å². The average molecular weight is 359 g/mol. The van der Waals surface area contributed by atoms with Crippen LogP contribution in [0.2, 0.25) is 0 Å². The Balaban J connectivity index is 1.95. The minimum Gasteiger partial charge on any atom is -0.545 e. The van der Waals surface area contributed by atoms with E-state index < -0.39 is 10.9 Å². The summed E-state index contributed by atoms with van der Waals surface area (Å²) >= 11 is 0. The van der Waals surface area contributed by atoms with Crippen molar-refractivity contribution in [3.63, 3.8) is 0 Å². The Kier molecular flexibility index (Phi) is 4.82. The summed E-state index contributed by atoms with van der Waals surface area (Å²) in [6.45, 7) is 0. The molecule has 7 nitrogen and oxygen atoms in total. The largest absolute Gasteiger partial charge is 0.545 e. The topological polar surface area (TPSA) is 120 Å². The molecule has 1 aromatic heterocycles. The van der Waals surface area contributed by atoms with E-state index in [0.717, 1.165) is 0 Å². The van der Waals surface area contributed by atoms with Gasteiger partial charge in [0.05, 0.1) is 22.5 Å². The molecule has 0 saturated heterocycles. The van der Waals surface area contributed by atoms with Crippen LogP contribution in [-0.4, -0.2) is 10.9 Å². The number of hydrogen-bond donors (Lipinski definition) is 0. The van der Waals surface area contributed by atoms with Gasteiger partial charge in [0, 0.05) is 17.7 Å². The maximum atomic E-state index is 11.0. The van der Waals surface area contributed by atoms with E-state index >= 15 is 0 Å². The Morgan fingerprint density at radius 2 is 1.81 bits per heavy atom. The highest BCUT2D eigenvalue weighted by atomic mass is 16.6. The highest BCUT2D eigenvalue weighted by Gasteiger charge is 2.10. The van der Waals surface area contributed by atoms with Crippen molar-refractivity contribution in [2.45, 2.75) is 0 Å². The van der Waals surface area contributed by atoms with Crippen LogP contribution in [0.5, 0.6) is 0 Å². The second-order valence-electron chi connectivity index (χ2n) is 5.55. The third-order valence-electron chi connectivity index (χ3n) is 3.78. The summed E-state index contributed by atoms with van der Waals surface area (Å²) in [5.41, 5.74) is 1.04. The predicted molar refractivity (Wildman–Crippen MR) is 95.1 cm³/mol. The number of nitro benzene ring substituents is 1. The molecule has 3 aromatic rings. The Morgan fingerprint density at radius 1 is 1.07 bits per heavy atom. The summed E-state index contributed by atoms with van der Waals surface area (Å²) in [5, 5.41) is 31.3. The zero-order valence-electron chi connectivity index (χ0n) is 13.8. The Bertz CT molecular complexity index is 1110. The number of aromatic carboxylic acids is 1. The molecule has 0 N–H and O–H groups in total. The highest BCUT2D eigenvalue weighted by molar-refractivity contribution is 5.90. The fourth-order valence-electron chi connectivity index (χ4n) is 2.49. The summed E-state index contributed by atoms with van der Waals surface area (Å²) in [6.07, 6.45) is 1.46. The van der Waals surface area contributed by atoms with Crippen LogP contribution < -0.4 is 5.11 Å². The third-order valence-corrected chi connectivity index (χ3v) is 3.78. The number of carbonyl (C=O) groups excluding carboxylic acids is 1. The fourth-order valence-corrected chi connectivity index (χ4v) is 2.49. The molecule has 27 heavy (non-hydrogen) atoms. The van der Waals surface area contributed by atoms with Gasteiger partial charge in [-0.3, -0.25) is 10.1 Å². The number of rotatable bonds is 5. The Morgan fingerprint density at radius 3 is 2.52 bits per heavy atom. The van der Waals surface area contributed by atoms with E-state index in [-0.39, 0.29) is 16.8 Å². The molecule has 0 spiro atoms. The minimum atomic E-state index is -1.29. The van der Waals surface area contributed by atoms with Crippen LogP contribution in [0.15, 0.2) is 65.1 Å². The number of carboxylic acids is 1. The number of furan rings is 1. The number of allylic oxidation sites excluding steroid dienone is 1. The van der Waals surface area contributed by atoms with E-state index in [4.69, 9.17) is 4.42 Å². The van der Waals surface area contributed by atoms with Crippen LogP contribution in [0.3, 0.4) is 0 Å². The average Bonchev–Trinajstić information content (AvgIpc) is 3.15. The lowest BCUT2D eigenvalue weighted by atomic mass is 10.1. The van der Waals surface area contributed by atoms with Crippen LogP contribution in [0, 0.1) is 21.4 Å². The second-order valence-corrected chi connectivity index (χ2v) is 5.55. The van der Waals surface area contributed by atoms with Gasteiger partial charge in [0.1, 0.15) is 11.5 Å². The molecule has 0 aliphatic heterocycles. The van der Waals surface area contributed by atoms with Crippen molar-refractivity contribution < 1.29 is 19.2 Å². The van der Waals surface area contributed by atoms with Gasteiger partial charge in [-0.15, -0.1) is 0 Å². The van der Waals surface area contributed by atoms with Gasteiger partial charge in [0.2, 0.25) is 0 Å². The number of carboxylic acid groups (broad SMARTS) is 1. The number of nitrogens with zero attached hydrogens (tertiary/aromatic N) is 2. The van der Waals surface area contributed by atoms with Crippen LogP contribution in [-0.2, 0) is 0 Å². The lowest BCUT2D eigenvalue weighted by molar-refractivity contribution is -0.384. The van der Waals surface area contributed by atoms with E-state index in [1.165, 1.54) is 36.4 Å². The zero-order chi connectivity index (χ0) is 19.4. The zero-order valence-corrected chi connectivity index (χ0v) is 13.8. The van der Waals surface area contributed by atoms with Gasteiger partial charge in [-0.25, -0.2) is 0 Å². The van der Waals surface area contributed by atoms with E-state index in [1.807, 2.05) is 6.07 Å². The van der Waals surface area contributed by atoms with Crippen LogP contribution in [0.1, 0.15) is 21.7 Å². The first-order chi connectivity index (χ1) is 13.0. The molecule has 0 bridgehead atoms. The number of carbonyl (C=O) groups is 1. The summed E-state index contributed by atoms with van der Waals surface area (Å²) in [5.74, 6) is -0.520. The molecule has 132 valence electrons. The molecule has 0 radical (unpaired) electrons. The van der Waals surface area contributed by atoms with Crippen molar-refractivity contribution in [1.82, 2.24) is 0 Å². The van der Waals surface area contributed by atoms with Crippen molar-refractivity contribution in [3.05, 3.63) is 87.7 Å². The normalized spacial score (nSPS) is 11.0. The first-order valence-electron chi connectivity index (χ1n) is 7.76. The quantitative estimate of drug-likeness (QED) is 0.391. The van der Waals surface area contributed by atoms with Crippen molar-refractivity contribution in [2.24, 2.45) is 0 Å². The summed E-state index contributed by atoms with van der Waals surface area (Å²) < 4.78 is 5.66. The SMILES string of the molecule is N#C/C(=C/c1ccc(-c2cccc(C(=O)[O-])c2)o1)c1cccc([N+](=O)[O-])c1. The molecule has 3 rings (SSSR count). The molecule has 1 heterocycles. The summed E-state index contributed by atoms with van der Waals surface area (Å²) in [4.78, 5) is 21.3. The number of nitriles is 1. The molecule has 2 aromatic carbocycles. The number of hydrogen-bond acceptors (Lipinski definition) is 6. The standard InChI is InChI=1S/C20H12N2O5/c21-12-16(13-3-2-6-17(10-13)22(25)26)11-18-7-8-19(27-18)14-4-1-5-15(9-14)20(23)24/h1-11H,(H,23,24)/p-1/b16-11-. The predicted octanol–water partition coefficient (Wildman–Crippen LogP) is 3.28. The monoisotopic (exact) mass is 359 g/mol. The Hall–Kier alpha value is -4.18. The number of benzene rings is 2. The summed E-state index contributed by atoms with van der Waals surface area (Å²) in [7, 11) is 0. The van der Waals surface area contributed by atoms with Crippen LogP contribution in [0.25, 0.3) is 23.0 Å². The second kappa shape index (κ2) is 7.37. The third kappa shape index (κ3) is 3.91. The van der Waals surface area contributed by atoms with Crippen molar-refractivity contribution in [2.75, 3.05) is 0 Å².